The van der Waals surface area contributed by atoms with Crippen molar-refractivity contribution in [3.63, 3.8) is 0 Å². The maximum atomic E-state index is 10.9. The number of amides is 3. The van der Waals surface area contributed by atoms with Crippen LogP contribution >= 0.6 is 0 Å². The van der Waals surface area contributed by atoms with Gasteiger partial charge in [-0.1, -0.05) is 13.8 Å². The molecule has 4 N–H and O–H groups in total. The van der Waals surface area contributed by atoms with Crippen LogP contribution in [-0.4, -0.2) is 38.2 Å². The second-order valence-corrected chi connectivity index (χ2v) is 3.91. The molecule has 0 fully saturated rings. The van der Waals surface area contributed by atoms with E-state index in [9.17, 15) is 9.59 Å². The number of rotatable bonds is 8. The Labute approximate surface area is 95.9 Å². The Morgan fingerprint density at radius 3 is 2.62 bits per heavy atom. The fraction of sp³-hybridized carbons (Fsp3) is 0.800. The van der Waals surface area contributed by atoms with Crippen molar-refractivity contribution in [3.05, 3.63) is 0 Å². The van der Waals surface area contributed by atoms with Crippen LogP contribution in [0.2, 0.25) is 0 Å². The number of imide groups is 1. The Morgan fingerprint density at radius 1 is 1.38 bits per heavy atom. The lowest BCUT2D eigenvalue weighted by atomic mass is 10.2. The molecule has 0 saturated heterocycles. The molecule has 0 bridgehead atoms. The third kappa shape index (κ3) is 10.9. The van der Waals surface area contributed by atoms with Gasteiger partial charge in [-0.3, -0.25) is 10.1 Å². The van der Waals surface area contributed by atoms with Crippen LogP contribution in [0.3, 0.4) is 0 Å². The summed E-state index contributed by atoms with van der Waals surface area (Å²) in [5.74, 6) is 0.116. The average Bonchev–Trinajstić information content (AvgIpc) is 2.14. The molecule has 94 valence electrons. The fourth-order valence-electron chi connectivity index (χ4n) is 1.00. The van der Waals surface area contributed by atoms with Crippen LogP contribution in [0.1, 0.15) is 20.3 Å². The molecule has 0 aromatic carbocycles. The summed E-state index contributed by atoms with van der Waals surface area (Å²) in [6.07, 6.45) is 0.830. The van der Waals surface area contributed by atoms with E-state index in [0.29, 0.717) is 19.1 Å². The first-order valence-corrected chi connectivity index (χ1v) is 5.40. The van der Waals surface area contributed by atoms with Gasteiger partial charge >= 0.3 is 6.03 Å². The fourth-order valence-corrected chi connectivity index (χ4v) is 1.00. The summed E-state index contributed by atoms with van der Waals surface area (Å²) in [6.45, 7) is 6.36. The van der Waals surface area contributed by atoms with Gasteiger partial charge in [-0.2, -0.15) is 0 Å². The minimum Gasteiger partial charge on any atom is -0.381 e. The smallest absolute Gasteiger partial charge is 0.318 e. The molecule has 0 atom stereocenters. The van der Waals surface area contributed by atoms with Crippen LogP contribution in [0, 0.1) is 5.92 Å². The summed E-state index contributed by atoms with van der Waals surface area (Å²) in [5, 5.41) is 4.84. The molecule has 0 aliphatic heterocycles. The summed E-state index contributed by atoms with van der Waals surface area (Å²) in [7, 11) is 0. The SMILES string of the molecule is CC(C)COCCCNCC(=O)NC(N)=O. The van der Waals surface area contributed by atoms with Crippen molar-refractivity contribution in [1.82, 2.24) is 10.6 Å². The van der Waals surface area contributed by atoms with Crippen LogP contribution in [0.15, 0.2) is 0 Å². The molecule has 0 aliphatic carbocycles. The molecule has 0 aromatic heterocycles. The zero-order chi connectivity index (χ0) is 12.4. The van der Waals surface area contributed by atoms with Crippen molar-refractivity contribution >= 4 is 11.9 Å². The van der Waals surface area contributed by atoms with Gasteiger partial charge in [0.25, 0.3) is 0 Å². The van der Waals surface area contributed by atoms with Crippen LogP contribution in [0.5, 0.6) is 0 Å². The normalized spacial score (nSPS) is 10.4. The molecule has 0 aromatic rings. The van der Waals surface area contributed by atoms with Crippen LogP contribution < -0.4 is 16.4 Å². The predicted molar refractivity (Wildman–Crippen MR) is 60.9 cm³/mol. The van der Waals surface area contributed by atoms with Crippen molar-refractivity contribution in [1.29, 1.82) is 0 Å². The summed E-state index contributed by atoms with van der Waals surface area (Å²) in [5.41, 5.74) is 4.77. The van der Waals surface area contributed by atoms with Gasteiger partial charge < -0.3 is 15.8 Å². The van der Waals surface area contributed by atoms with E-state index in [4.69, 9.17) is 10.5 Å². The number of carbonyl (C=O) groups is 2. The lowest BCUT2D eigenvalue weighted by Crippen LogP contribution is -2.40. The number of primary amides is 1. The average molecular weight is 231 g/mol. The van der Waals surface area contributed by atoms with Crippen molar-refractivity contribution in [2.75, 3.05) is 26.3 Å². The molecule has 0 spiro atoms. The number of nitrogens with two attached hydrogens (primary N) is 1. The number of nitrogens with one attached hydrogen (secondary N) is 2. The monoisotopic (exact) mass is 231 g/mol. The number of hydrogen-bond acceptors (Lipinski definition) is 4. The van der Waals surface area contributed by atoms with E-state index < -0.39 is 11.9 Å². The Morgan fingerprint density at radius 2 is 2.06 bits per heavy atom. The molecule has 0 unspecified atom stereocenters. The Kier molecular flexibility index (Phi) is 8.46. The molecule has 6 heteroatoms. The zero-order valence-electron chi connectivity index (χ0n) is 9.91. The molecule has 0 rings (SSSR count). The Balaban J connectivity index is 3.21. The van der Waals surface area contributed by atoms with E-state index in [2.05, 4.69) is 19.2 Å². The van der Waals surface area contributed by atoms with Gasteiger partial charge in [-0.25, -0.2) is 4.79 Å². The quantitative estimate of drug-likeness (QED) is 0.506. The first-order valence-electron chi connectivity index (χ1n) is 5.40. The van der Waals surface area contributed by atoms with Crippen molar-refractivity contribution in [3.8, 4) is 0 Å². The zero-order valence-corrected chi connectivity index (χ0v) is 9.91. The molecule has 16 heavy (non-hydrogen) atoms. The van der Waals surface area contributed by atoms with E-state index in [0.717, 1.165) is 13.0 Å². The van der Waals surface area contributed by atoms with E-state index in [1.54, 1.807) is 0 Å². The number of carbonyl (C=O) groups excluding carboxylic acids is 2. The standard InChI is InChI=1S/C10H21N3O3/c1-8(2)7-16-5-3-4-12-6-9(14)13-10(11)15/h8,12H,3-7H2,1-2H3,(H3,11,13,14,15). The minimum absolute atomic E-state index is 0.0904. The van der Waals surface area contributed by atoms with Gasteiger partial charge in [0.2, 0.25) is 5.91 Å². The Bertz CT molecular complexity index is 219. The molecule has 6 nitrogen and oxygen atoms in total. The number of hydrogen-bond donors (Lipinski definition) is 3. The Hall–Kier alpha value is -1.14. The highest BCUT2D eigenvalue weighted by atomic mass is 16.5. The first-order chi connectivity index (χ1) is 7.52. The molecular weight excluding hydrogens is 210 g/mol. The second-order valence-electron chi connectivity index (χ2n) is 3.91. The van der Waals surface area contributed by atoms with E-state index in [-0.39, 0.29) is 6.54 Å². The van der Waals surface area contributed by atoms with Gasteiger partial charge in [-0.05, 0) is 18.9 Å². The summed E-state index contributed by atoms with van der Waals surface area (Å²) in [6, 6.07) is -0.827. The third-order valence-electron chi connectivity index (χ3n) is 1.64. The van der Waals surface area contributed by atoms with Gasteiger partial charge in [-0.15, -0.1) is 0 Å². The van der Waals surface area contributed by atoms with Crippen LogP contribution in [-0.2, 0) is 9.53 Å². The van der Waals surface area contributed by atoms with E-state index in [1.807, 2.05) is 5.32 Å². The molecule has 3 amide bonds. The summed E-state index contributed by atoms with van der Waals surface area (Å²) in [4.78, 5) is 21.2. The molecule has 0 radical (unpaired) electrons. The maximum Gasteiger partial charge on any atom is 0.318 e. The van der Waals surface area contributed by atoms with Crippen molar-refractivity contribution < 1.29 is 14.3 Å². The van der Waals surface area contributed by atoms with E-state index >= 15 is 0 Å². The maximum absolute atomic E-state index is 10.9. The van der Waals surface area contributed by atoms with Crippen LogP contribution in [0.25, 0.3) is 0 Å². The van der Waals surface area contributed by atoms with Crippen LogP contribution in [0.4, 0.5) is 4.79 Å². The highest BCUT2D eigenvalue weighted by Crippen LogP contribution is 1.92. The van der Waals surface area contributed by atoms with Gasteiger partial charge in [0.15, 0.2) is 0 Å². The second kappa shape index (κ2) is 9.11. The third-order valence-corrected chi connectivity index (χ3v) is 1.64. The predicted octanol–water partition coefficient (Wildman–Crippen LogP) is -0.166. The van der Waals surface area contributed by atoms with Gasteiger partial charge in [0, 0.05) is 13.2 Å². The molecule has 0 aliphatic rings. The molecule has 0 heterocycles. The largest absolute Gasteiger partial charge is 0.381 e. The number of ether oxygens (including phenoxy) is 1. The highest BCUT2D eigenvalue weighted by molar-refractivity contribution is 5.94. The lowest BCUT2D eigenvalue weighted by molar-refractivity contribution is -0.119. The summed E-state index contributed by atoms with van der Waals surface area (Å²) < 4.78 is 5.35. The van der Waals surface area contributed by atoms with E-state index in [1.165, 1.54) is 0 Å². The molecule has 0 saturated carbocycles. The summed E-state index contributed by atoms with van der Waals surface area (Å²) >= 11 is 0. The highest BCUT2D eigenvalue weighted by Gasteiger charge is 2.02. The number of urea groups is 1. The van der Waals surface area contributed by atoms with Gasteiger partial charge in [0.1, 0.15) is 0 Å². The minimum atomic E-state index is -0.827. The molecular formula is C10H21N3O3. The van der Waals surface area contributed by atoms with Gasteiger partial charge in [0.05, 0.1) is 6.54 Å². The first kappa shape index (κ1) is 14.9. The van der Waals surface area contributed by atoms with Crippen molar-refractivity contribution in [2.45, 2.75) is 20.3 Å². The lowest BCUT2D eigenvalue weighted by Gasteiger charge is -2.07. The topological polar surface area (TPSA) is 93.4 Å². The van der Waals surface area contributed by atoms with Crippen molar-refractivity contribution in [2.24, 2.45) is 11.7 Å².